The summed E-state index contributed by atoms with van der Waals surface area (Å²) in [6.45, 7) is 5.28. The third kappa shape index (κ3) is 3.90. The van der Waals surface area contributed by atoms with Crippen LogP contribution >= 0.6 is 0 Å². The monoisotopic (exact) mass is 287 g/mol. The second kappa shape index (κ2) is 7.57. The van der Waals surface area contributed by atoms with Crippen molar-refractivity contribution < 1.29 is 9.53 Å². The van der Waals surface area contributed by atoms with Crippen molar-refractivity contribution in [1.29, 1.82) is 0 Å². The van der Waals surface area contributed by atoms with Gasteiger partial charge in [-0.25, -0.2) is 4.68 Å². The summed E-state index contributed by atoms with van der Waals surface area (Å²) < 4.78 is 7.56. The average Bonchev–Trinajstić information content (AvgIpc) is 2.93. The number of benzene rings is 1. The van der Waals surface area contributed by atoms with Crippen LogP contribution in [-0.2, 0) is 19.6 Å². The van der Waals surface area contributed by atoms with Crippen LogP contribution in [0.4, 0.5) is 0 Å². The van der Waals surface area contributed by atoms with Crippen molar-refractivity contribution in [3.8, 4) is 5.75 Å². The van der Waals surface area contributed by atoms with Crippen molar-refractivity contribution >= 4 is 6.29 Å². The predicted molar refractivity (Wildman–Crippen MR) is 80.5 cm³/mol. The zero-order valence-electron chi connectivity index (χ0n) is 12.6. The Labute approximate surface area is 124 Å². The molecular formula is C16H21N3O2. The number of aryl methyl sites for hydroxylation is 2. The largest absolute Gasteiger partial charge is 0.487 e. The molecule has 0 spiro atoms. The number of unbranched alkanes of at least 4 members (excludes halogenated alkanes) is 1. The van der Waals surface area contributed by atoms with Gasteiger partial charge in [0.1, 0.15) is 18.1 Å². The number of aromatic nitrogens is 3. The Morgan fingerprint density at radius 3 is 2.90 bits per heavy atom. The van der Waals surface area contributed by atoms with Crippen molar-refractivity contribution in [2.45, 2.75) is 46.3 Å². The summed E-state index contributed by atoms with van der Waals surface area (Å²) in [4.78, 5) is 11.1. The van der Waals surface area contributed by atoms with Crippen molar-refractivity contribution in [3.63, 3.8) is 0 Å². The Morgan fingerprint density at radius 2 is 2.19 bits per heavy atom. The van der Waals surface area contributed by atoms with E-state index in [9.17, 15) is 4.79 Å². The maximum Gasteiger partial charge on any atom is 0.172 e. The van der Waals surface area contributed by atoms with Crippen LogP contribution < -0.4 is 4.74 Å². The third-order valence-electron chi connectivity index (χ3n) is 3.39. The van der Waals surface area contributed by atoms with Gasteiger partial charge in [0.2, 0.25) is 0 Å². The first-order chi connectivity index (χ1) is 10.3. The lowest BCUT2D eigenvalue weighted by Crippen LogP contribution is -2.09. The minimum atomic E-state index is 0.304. The average molecular weight is 287 g/mol. The van der Waals surface area contributed by atoms with Crippen LogP contribution in [0.2, 0.25) is 0 Å². The van der Waals surface area contributed by atoms with Crippen molar-refractivity contribution in [2.24, 2.45) is 0 Å². The van der Waals surface area contributed by atoms with Gasteiger partial charge < -0.3 is 4.74 Å². The van der Waals surface area contributed by atoms with Gasteiger partial charge in [0.05, 0.1) is 0 Å². The lowest BCUT2D eigenvalue weighted by atomic mass is 10.2. The zero-order valence-corrected chi connectivity index (χ0v) is 12.6. The van der Waals surface area contributed by atoms with Crippen LogP contribution in [-0.4, -0.2) is 21.3 Å². The molecule has 0 fully saturated rings. The first-order valence-corrected chi connectivity index (χ1v) is 7.37. The summed E-state index contributed by atoms with van der Waals surface area (Å²) in [6, 6.07) is 7.97. The molecule has 0 aliphatic carbocycles. The van der Waals surface area contributed by atoms with E-state index in [0.717, 1.165) is 43.5 Å². The molecule has 112 valence electrons. The quantitative estimate of drug-likeness (QED) is 0.700. The molecule has 0 saturated heterocycles. The van der Waals surface area contributed by atoms with E-state index >= 15 is 0 Å². The van der Waals surface area contributed by atoms with Crippen molar-refractivity contribution in [2.75, 3.05) is 0 Å². The molecule has 0 atom stereocenters. The Bertz CT molecular complexity index is 593. The molecule has 21 heavy (non-hydrogen) atoms. The number of aldehydes is 1. The molecule has 0 aliphatic rings. The Balaban J connectivity index is 2.10. The van der Waals surface area contributed by atoms with Gasteiger partial charge in [0.15, 0.2) is 12.0 Å². The normalized spacial score (nSPS) is 10.6. The van der Waals surface area contributed by atoms with E-state index in [1.807, 2.05) is 18.2 Å². The minimum Gasteiger partial charge on any atom is -0.487 e. The van der Waals surface area contributed by atoms with Crippen molar-refractivity contribution in [3.05, 3.63) is 41.2 Å². The highest BCUT2D eigenvalue weighted by Crippen LogP contribution is 2.16. The van der Waals surface area contributed by atoms with Crippen LogP contribution in [0.1, 0.15) is 48.4 Å². The van der Waals surface area contributed by atoms with Gasteiger partial charge in [-0.2, -0.15) is 0 Å². The summed E-state index contributed by atoms with van der Waals surface area (Å²) in [7, 11) is 0. The van der Waals surface area contributed by atoms with Crippen LogP contribution in [0.3, 0.4) is 0 Å². The number of carbonyl (C=O) groups is 1. The standard InChI is InChI=1S/C16H21N3O2/c1-3-5-9-19-16(15(11-20)17-18-19)12-21-14-8-6-7-13(4-2)10-14/h6-8,10-11H,3-5,9,12H2,1-2H3. The number of rotatable bonds is 8. The lowest BCUT2D eigenvalue weighted by Gasteiger charge is -2.09. The summed E-state index contributed by atoms with van der Waals surface area (Å²) in [5.74, 6) is 0.800. The maximum absolute atomic E-state index is 11.1. The molecule has 0 radical (unpaired) electrons. The maximum atomic E-state index is 11.1. The number of ether oxygens (including phenoxy) is 1. The first kappa shape index (κ1) is 15.2. The van der Waals surface area contributed by atoms with E-state index in [-0.39, 0.29) is 0 Å². The number of hydrogen-bond donors (Lipinski definition) is 0. The van der Waals surface area contributed by atoms with Crippen LogP contribution in [0.15, 0.2) is 24.3 Å². The molecule has 5 heteroatoms. The number of carbonyl (C=O) groups excluding carboxylic acids is 1. The second-order valence-electron chi connectivity index (χ2n) is 4.91. The molecule has 0 saturated carbocycles. The highest BCUT2D eigenvalue weighted by molar-refractivity contribution is 5.73. The molecule has 0 unspecified atom stereocenters. The molecule has 5 nitrogen and oxygen atoms in total. The van der Waals surface area contributed by atoms with Gasteiger partial charge >= 0.3 is 0 Å². The van der Waals surface area contributed by atoms with Crippen molar-refractivity contribution in [1.82, 2.24) is 15.0 Å². The summed E-state index contributed by atoms with van der Waals surface area (Å²) in [6.07, 6.45) is 3.76. The fraction of sp³-hybridized carbons (Fsp3) is 0.438. The fourth-order valence-corrected chi connectivity index (χ4v) is 2.08. The highest BCUT2D eigenvalue weighted by atomic mass is 16.5. The highest BCUT2D eigenvalue weighted by Gasteiger charge is 2.12. The van der Waals surface area contributed by atoms with E-state index in [0.29, 0.717) is 12.3 Å². The Hall–Kier alpha value is -2.17. The minimum absolute atomic E-state index is 0.304. The van der Waals surface area contributed by atoms with Gasteiger partial charge in [-0.3, -0.25) is 4.79 Å². The van der Waals surface area contributed by atoms with Gasteiger partial charge in [0.25, 0.3) is 0 Å². The number of hydrogen-bond acceptors (Lipinski definition) is 4. The molecule has 2 rings (SSSR count). The first-order valence-electron chi connectivity index (χ1n) is 7.37. The Morgan fingerprint density at radius 1 is 1.33 bits per heavy atom. The van der Waals surface area contributed by atoms with Crippen LogP contribution in [0.25, 0.3) is 0 Å². The molecule has 1 heterocycles. The summed E-state index contributed by atoms with van der Waals surface area (Å²) >= 11 is 0. The summed E-state index contributed by atoms with van der Waals surface area (Å²) in [5, 5.41) is 7.92. The molecular weight excluding hydrogens is 266 g/mol. The second-order valence-corrected chi connectivity index (χ2v) is 4.91. The van der Waals surface area contributed by atoms with E-state index in [2.05, 4.69) is 30.2 Å². The summed E-state index contributed by atoms with van der Waals surface area (Å²) in [5.41, 5.74) is 2.32. The predicted octanol–water partition coefficient (Wildman–Crippen LogP) is 3.03. The van der Waals surface area contributed by atoms with Gasteiger partial charge in [0, 0.05) is 6.54 Å². The van der Waals surface area contributed by atoms with E-state index in [1.165, 1.54) is 5.56 Å². The molecule has 0 amide bonds. The fourth-order valence-electron chi connectivity index (χ4n) is 2.08. The molecule has 0 aliphatic heterocycles. The SMILES string of the molecule is CCCCn1nnc(C=O)c1COc1cccc(CC)c1. The van der Waals surface area contributed by atoms with Crippen LogP contribution in [0.5, 0.6) is 5.75 Å². The van der Waals surface area contributed by atoms with E-state index < -0.39 is 0 Å². The lowest BCUT2D eigenvalue weighted by molar-refractivity contribution is 0.111. The molecule has 1 aromatic heterocycles. The third-order valence-corrected chi connectivity index (χ3v) is 3.39. The topological polar surface area (TPSA) is 57.0 Å². The van der Waals surface area contributed by atoms with E-state index in [1.54, 1.807) is 4.68 Å². The van der Waals surface area contributed by atoms with Crippen LogP contribution in [0, 0.1) is 0 Å². The molecule has 0 N–H and O–H groups in total. The molecule has 1 aromatic carbocycles. The van der Waals surface area contributed by atoms with Gasteiger partial charge in [-0.05, 0) is 30.5 Å². The molecule has 0 bridgehead atoms. The van der Waals surface area contributed by atoms with Gasteiger partial charge in [-0.1, -0.05) is 37.6 Å². The number of nitrogens with zero attached hydrogens (tertiary/aromatic N) is 3. The van der Waals surface area contributed by atoms with Gasteiger partial charge in [-0.15, -0.1) is 5.10 Å². The smallest absolute Gasteiger partial charge is 0.172 e. The molecule has 2 aromatic rings. The Kier molecular flexibility index (Phi) is 5.49. The zero-order chi connectivity index (χ0) is 15.1. The van der Waals surface area contributed by atoms with E-state index in [4.69, 9.17) is 4.74 Å².